The summed E-state index contributed by atoms with van der Waals surface area (Å²) in [6.07, 6.45) is 5.95. The molecule has 1 aliphatic carbocycles. The van der Waals surface area contributed by atoms with E-state index >= 15 is 0 Å². The van der Waals surface area contributed by atoms with Gasteiger partial charge >= 0.3 is 0 Å². The molecular formula is C26H31N3O4. The standard InChI is InChI=1S/C26H31N3O4/c1-18-16-27(11-12-28(18)24(30)20-7-3-4-8-20)25(31)23-15-21-10-13-33-26(21)29(23)17-19-6-5-9-22(14-19)32-2/h5-6,9-10,13-15,18,20H,3-4,7-8,11-12,16-17H2,1-2H3. The van der Waals surface area contributed by atoms with Crippen LogP contribution in [0, 0.1) is 5.92 Å². The van der Waals surface area contributed by atoms with Crippen LogP contribution in [0.1, 0.15) is 48.7 Å². The Morgan fingerprint density at radius 1 is 1.12 bits per heavy atom. The minimum absolute atomic E-state index is 0.0144. The third-order valence-electron chi connectivity index (χ3n) is 7.10. The molecule has 7 nitrogen and oxygen atoms in total. The highest BCUT2D eigenvalue weighted by atomic mass is 16.5. The smallest absolute Gasteiger partial charge is 0.270 e. The van der Waals surface area contributed by atoms with Crippen LogP contribution < -0.4 is 4.74 Å². The molecule has 0 bridgehead atoms. The molecule has 2 amide bonds. The highest BCUT2D eigenvalue weighted by Gasteiger charge is 2.35. The fourth-order valence-electron chi connectivity index (χ4n) is 5.30. The second-order valence-electron chi connectivity index (χ2n) is 9.26. The highest BCUT2D eigenvalue weighted by molar-refractivity contribution is 5.98. The summed E-state index contributed by atoms with van der Waals surface area (Å²) in [6.45, 7) is 4.24. The second-order valence-corrected chi connectivity index (χ2v) is 9.26. The lowest BCUT2D eigenvalue weighted by Crippen LogP contribution is -2.56. The van der Waals surface area contributed by atoms with Crippen molar-refractivity contribution in [1.82, 2.24) is 14.4 Å². The summed E-state index contributed by atoms with van der Waals surface area (Å²) in [5.41, 5.74) is 2.32. The van der Waals surface area contributed by atoms with Crippen LogP contribution >= 0.6 is 0 Å². The molecule has 0 radical (unpaired) electrons. The van der Waals surface area contributed by atoms with Crippen LogP contribution in [0.3, 0.4) is 0 Å². The maximum atomic E-state index is 13.6. The molecule has 33 heavy (non-hydrogen) atoms. The average molecular weight is 450 g/mol. The Hall–Kier alpha value is -3.22. The number of furan rings is 1. The molecule has 174 valence electrons. The van der Waals surface area contributed by atoms with Gasteiger partial charge in [0.2, 0.25) is 11.6 Å². The van der Waals surface area contributed by atoms with E-state index in [1.165, 1.54) is 0 Å². The minimum atomic E-state index is -0.0240. The highest BCUT2D eigenvalue weighted by Crippen LogP contribution is 2.29. The largest absolute Gasteiger partial charge is 0.497 e. The van der Waals surface area contributed by atoms with Gasteiger partial charge in [0.05, 0.1) is 19.9 Å². The minimum Gasteiger partial charge on any atom is -0.497 e. The van der Waals surface area contributed by atoms with Gasteiger partial charge in [-0.15, -0.1) is 0 Å². The maximum absolute atomic E-state index is 13.6. The van der Waals surface area contributed by atoms with Crippen LogP contribution in [0.15, 0.2) is 47.1 Å². The predicted molar refractivity (Wildman–Crippen MR) is 125 cm³/mol. The van der Waals surface area contributed by atoms with Crippen LogP contribution in [-0.2, 0) is 11.3 Å². The molecule has 1 atom stereocenters. The molecule has 2 aromatic heterocycles. The molecule has 1 aliphatic heterocycles. The molecule has 5 rings (SSSR count). The van der Waals surface area contributed by atoms with Crippen molar-refractivity contribution in [2.24, 2.45) is 5.92 Å². The Morgan fingerprint density at radius 2 is 1.94 bits per heavy atom. The number of methoxy groups -OCH3 is 1. The molecule has 7 heteroatoms. The van der Waals surface area contributed by atoms with Gasteiger partial charge in [-0.1, -0.05) is 25.0 Å². The van der Waals surface area contributed by atoms with E-state index in [0.717, 1.165) is 42.4 Å². The summed E-state index contributed by atoms with van der Waals surface area (Å²) < 4.78 is 13.0. The molecule has 0 spiro atoms. The monoisotopic (exact) mass is 449 g/mol. The number of aromatic nitrogens is 1. The summed E-state index contributed by atoms with van der Waals surface area (Å²) in [7, 11) is 1.65. The third kappa shape index (κ3) is 4.12. The van der Waals surface area contributed by atoms with Crippen molar-refractivity contribution in [2.75, 3.05) is 26.7 Å². The quantitative estimate of drug-likeness (QED) is 0.587. The molecular weight excluding hydrogens is 418 g/mol. The van der Waals surface area contributed by atoms with E-state index in [4.69, 9.17) is 9.15 Å². The first-order valence-corrected chi connectivity index (χ1v) is 11.8. The van der Waals surface area contributed by atoms with Gasteiger partial charge < -0.3 is 23.5 Å². The zero-order chi connectivity index (χ0) is 22.9. The Bertz CT molecular complexity index is 1160. The number of fused-ring (bicyclic) bond motifs is 1. The number of nitrogens with zero attached hydrogens (tertiary/aromatic N) is 3. The number of ether oxygens (including phenoxy) is 1. The molecule has 2 aliphatic rings. The molecule has 2 fully saturated rings. The van der Waals surface area contributed by atoms with Gasteiger partial charge in [0, 0.05) is 37.0 Å². The summed E-state index contributed by atoms with van der Waals surface area (Å²) in [5.74, 6) is 1.19. The van der Waals surface area contributed by atoms with Gasteiger partial charge in [-0.2, -0.15) is 0 Å². The topological polar surface area (TPSA) is 67.9 Å². The van der Waals surface area contributed by atoms with Gasteiger partial charge in [-0.3, -0.25) is 9.59 Å². The zero-order valence-electron chi connectivity index (χ0n) is 19.3. The van der Waals surface area contributed by atoms with Crippen molar-refractivity contribution in [3.05, 3.63) is 53.9 Å². The second kappa shape index (κ2) is 8.96. The maximum Gasteiger partial charge on any atom is 0.270 e. The normalized spacial score (nSPS) is 19.4. The molecule has 3 aromatic rings. The van der Waals surface area contributed by atoms with E-state index in [1.807, 2.05) is 57.7 Å². The average Bonchev–Trinajstić information content (AvgIpc) is 3.58. The predicted octanol–water partition coefficient (Wildman–Crippen LogP) is 4.15. The fraction of sp³-hybridized carbons (Fsp3) is 0.462. The number of carbonyl (C=O) groups excluding carboxylic acids is 2. The van der Waals surface area contributed by atoms with Gasteiger partial charge in [-0.05, 0) is 49.6 Å². The van der Waals surface area contributed by atoms with Crippen LogP contribution in [0.5, 0.6) is 5.75 Å². The Kier molecular flexibility index (Phi) is 5.87. The van der Waals surface area contributed by atoms with Crippen molar-refractivity contribution in [3.63, 3.8) is 0 Å². The van der Waals surface area contributed by atoms with Crippen LogP contribution in [-0.4, -0.2) is 59.0 Å². The first-order valence-electron chi connectivity index (χ1n) is 11.8. The molecule has 1 saturated heterocycles. The van der Waals surface area contributed by atoms with Crippen molar-refractivity contribution < 1.29 is 18.7 Å². The van der Waals surface area contributed by atoms with E-state index in [-0.39, 0.29) is 23.8 Å². The SMILES string of the molecule is COc1cccc(Cn2c(C(=O)N3CCN(C(=O)C4CCCC4)C(C)C3)cc3ccoc32)c1. The van der Waals surface area contributed by atoms with Crippen molar-refractivity contribution >= 4 is 22.9 Å². The number of benzene rings is 1. The molecule has 3 heterocycles. The van der Waals surface area contributed by atoms with Crippen LogP contribution in [0.2, 0.25) is 0 Å². The van der Waals surface area contributed by atoms with Crippen molar-refractivity contribution in [3.8, 4) is 5.75 Å². The van der Waals surface area contributed by atoms with Crippen molar-refractivity contribution in [1.29, 1.82) is 0 Å². The molecule has 1 unspecified atom stereocenters. The number of hydrogen-bond donors (Lipinski definition) is 0. The van der Waals surface area contributed by atoms with Gasteiger partial charge in [-0.25, -0.2) is 0 Å². The number of hydrogen-bond acceptors (Lipinski definition) is 4. The third-order valence-corrected chi connectivity index (χ3v) is 7.10. The lowest BCUT2D eigenvalue weighted by atomic mass is 10.0. The summed E-state index contributed by atoms with van der Waals surface area (Å²) >= 11 is 0. The van der Waals surface area contributed by atoms with E-state index in [2.05, 4.69) is 0 Å². The van der Waals surface area contributed by atoms with Crippen LogP contribution in [0.4, 0.5) is 0 Å². The number of piperazine rings is 1. The fourth-order valence-corrected chi connectivity index (χ4v) is 5.30. The first kappa shape index (κ1) is 21.6. The van der Waals surface area contributed by atoms with Gasteiger partial charge in [0.15, 0.2) is 0 Å². The first-order chi connectivity index (χ1) is 16.0. The summed E-state index contributed by atoms with van der Waals surface area (Å²) in [6, 6.07) is 11.6. The van der Waals surface area contributed by atoms with E-state index in [1.54, 1.807) is 13.4 Å². The van der Waals surface area contributed by atoms with Gasteiger partial charge in [0.1, 0.15) is 11.4 Å². The van der Waals surface area contributed by atoms with E-state index < -0.39 is 0 Å². The Morgan fingerprint density at radius 3 is 2.70 bits per heavy atom. The van der Waals surface area contributed by atoms with E-state index in [9.17, 15) is 9.59 Å². The van der Waals surface area contributed by atoms with Gasteiger partial charge in [0.25, 0.3) is 5.91 Å². The van der Waals surface area contributed by atoms with Crippen LogP contribution in [0.25, 0.3) is 11.1 Å². The number of amides is 2. The number of rotatable bonds is 5. The molecule has 1 saturated carbocycles. The lowest BCUT2D eigenvalue weighted by Gasteiger charge is -2.41. The van der Waals surface area contributed by atoms with E-state index in [0.29, 0.717) is 37.6 Å². The summed E-state index contributed by atoms with van der Waals surface area (Å²) in [5, 5.41) is 0.907. The Labute approximate surface area is 193 Å². The Balaban J connectivity index is 1.36. The number of carbonyl (C=O) groups is 2. The molecule has 0 N–H and O–H groups in total. The zero-order valence-corrected chi connectivity index (χ0v) is 19.3. The molecule has 1 aromatic carbocycles. The lowest BCUT2D eigenvalue weighted by molar-refractivity contribution is -0.139. The van der Waals surface area contributed by atoms with Crippen molar-refractivity contribution in [2.45, 2.75) is 45.2 Å². The summed E-state index contributed by atoms with van der Waals surface area (Å²) in [4.78, 5) is 30.4.